The molecule has 4 aliphatic carbocycles. The van der Waals surface area contributed by atoms with Gasteiger partial charge in [0.05, 0.1) is 12.2 Å². The fraction of sp³-hybridized carbons (Fsp3) is 0.792. The van der Waals surface area contributed by atoms with Crippen molar-refractivity contribution in [1.82, 2.24) is 0 Å². The third kappa shape index (κ3) is 21.0. The maximum Gasteiger partial charge on any atom is 0.133 e. The van der Waals surface area contributed by atoms with Crippen molar-refractivity contribution in [1.29, 1.82) is 0 Å². The van der Waals surface area contributed by atoms with E-state index in [0.29, 0.717) is 31.9 Å². The van der Waals surface area contributed by atoms with Crippen LogP contribution < -0.4 is 13.3 Å². The first kappa shape index (κ1) is 46.3. The molecule has 0 aromatic heterocycles. The molecule has 0 amide bonds. The number of carbonyl (C=O) groups is 1. The molecule has 0 heterocycles. The van der Waals surface area contributed by atoms with Crippen LogP contribution in [0.25, 0.3) is 0 Å². The Morgan fingerprint density at radius 3 is 1.36 bits per heavy atom. The molecule has 0 aromatic rings. The van der Waals surface area contributed by atoms with Crippen molar-refractivity contribution in [3.63, 3.8) is 0 Å². The molecule has 33 heavy (non-hydrogen) atoms. The number of aliphatic hydroxyl groups is 2. The maximum absolute atomic E-state index is 10.7. The summed E-state index contributed by atoms with van der Waals surface area (Å²) in [5.74, 6) is 4.00. The number of hydrogen-bond donors (Lipinski definition) is 2. The van der Waals surface area contributed by atoms with Crippen LogP contribution in [0.2, 0.25) is 0 Å². The van der Waals surface area contributed by atoms with E-state index in [4.69, 9.17) is 10.2 Å². The topological polar surface area (TPSA) is 57.5 Å². The van der Waals surface area contributed by atoms with Crippen LogP contribution in [0, 0.1) is 23.7 Å². The number of Topliss-reactive ketones (excluding diaryl/α,β-unsaturated/α-hetero) is 1. The Labute approximate surface area is 275 Å². The molecule has 0 bridgehead atoms. The second kappa shape index (κ2) is 30.0. The van der Waals surface area contributed by atoms with Gasteiger partial charge in [0.15, 0.2) is 0 Å². The van der Waals surface area contributed by atoms with Crippen LogP contribution in [-0.2, 0) is 4.79 Å². The Kier molecular flexibility index (Phi) is 42.1. The summed E-state index contributed by atoms with van der Waals surface area (Å²) in [6, 6.07) is 0. The number of aliphatic hydroxyl groups excluding tert-OH is 2. The molecule has 2 N–H and O–H groups in total. The molecule has 9 heteroatoms. The third-order valence-electron chi connectivity index (χ3n) is 6.16. The van der Waals surface area contributed by atoms with E-state index in [1.54, 1.807) is 12.2 Å². The van der Waals surface area contributed by atoms with Crippen LogP contribution in [0.15, 0.2) is 25.3 Å². The third-order valence-corrected chi connectivity index (χ3v) is 6.16. The maximum atomic E-state index is 10.7. The van der Waals surface area contributed by atoms with Gasteiger partial charge in [-0.3, -0.25) is 4.79 Å². The van der Waals surface area contributed by atoms with Crippen molar-refractivity contribution >= 4 is 104 Å². The van der Waals surface area contributed by atoms with Gasteiger partial charge in [-0.05, 0) is 75.0 Å². The molecule has 4 aliphatic rings. The predicted octanol–water partition coefficient (Wildman–Crippen LogP) is 7.12. The van der Waals surface area contributed by atoms with Crippen molar-refractivity contribution in [2.75, 3.05) is 0 Å². The molecular formula is C24H47I6O3-. The molecule has 0 spiro atoms. The molecule has 4 rings (SSSR count). The summed E-state index contributed by atoms with van der Waals surface area (Å²) in [5.41, 5.74) is 0. The quantitative estimate of drug-likeness (QED) is 0.233. The summed E-state index contributed by atoms with van der Waals surface area (Å²) in [6.45, 7) is 6.98. The number of carbonyl (C=O) groups excluding carboxylic acids is 1. The molecule has 0 saturated heterocycles. The van der Waals surface area contributed by atoms with Crippen LogP contribution in [-0.4, -0.2) is 28.2 Å². The summed E-state index contributed by atoms with van der Waals surface area (Å²) < 4.78 is 0. The van der Waals surface area contributed by atoms with Crippen molar-refractivity contribution in [2.45, 2.75) is 98.7 Å². The smallest absolute Gasteiger partial charge is 0.133 e. The van der Waals surface area contributed by atoms with Crippen molar-refractivity contribution in [3.8, 4) is 0 Å². The zero-order chi connectivity index (χ0) is 22.2. The van der Waals surface area contributed by atoms with Crippen molar-refractivity contribution in [3.05, 3.63) is 25.3 Å². The minimum atomic E-state index is -0.273. The van der Waals surface area contributed by atoms with E-state index < -0.39 is 0 Å². The predicted molar refractivity (Wildman–Crippen MR) is 189 cm³/mol. The number of rotatable bonds is 4. The Balaban J connectivity index is -0.000000103. The molecule has 0 radical (unpaired) electrons. The van der Waals surface area contributed by atoms with Crippen LogP contribution in [0.3, 0.4) is 0 Å². The number of halogens is 6. The summed E-state index contributed by atoms with van der Waals surface area (Å²) >= 11 is 9.54. The summed E-state index contributed by atoms with van der Waals surface area (Å²) in [5, 5.41) is 18.0. The van der Waals surface area contributed by atoms with Crippen LogP contribution >= 0.6 is 98.4 Å². The van der Waals surface area contributed by atoms with Gasteiger partial charge in [0, 0.05) is 50.1 Å². The minimum absolute atomic E-state index is 0. The minimum Gasteiger partial charge on any atom is -0.393 e. The van der Waals surface area contributed by atoms with Gasteiger partial charge < -0.3 is 10.2 Å². The van der Waals surface area contributed by atoms with Crippen LogP contribution in [0.5, 0.6) is 0 Å². The summed E-state index contributed by atoms with van der Waals surface area (Å²) in [4.78, 5) is 10.7. The van der Waals surface area contributed by atoms with E-state index in [0.717, 1.165) is 49.4 Å². The molecule has 0 aliphatic heterocycles. The number of ketones is 1. The standard InChI is InChI=1S/C7H12O.C7H10O.C7H12O.3CH4.I3.I2.HI/c2*8-7-3-5-1-2-6(5)4-7;1-3-5-7(8)6-4-2;;;;1-3-2;1-2;/h5-8H,1-4H2;5-6H,1-4H2;3-4,7-8H,1-2,5-6H2;3*1H4;;;1H/q;;;;;;-1;;/t5-,6+,7?;5-,6+;;;;;;;. The van der Waals surface area contributed by atoms with E-state index in [1.165, 1.54) is 25.7 Å². The Morgan fingerprint density at radius 2 is 1.18 bits per heavy atom. The zero-order valence-electron chi connectivity index (χ0n) is 17.2. The zero-order valence-corrected chi connectivity index (χ0v) is 30.3. The van der Waals surface area contributed by atoms with Crippen LogP contribution in [0.4, 0.5) is 0 Å². The monoisotopic (exact) mass is 1140 g/mol. The van der Waals surface area contributed by atoms with Gasteiger partial charge in [0.1, 0.15) is 5.78 Å². The van der Waals surface area contributed by atoms with Gasteiger partial charge in [-0.25, -0.2) is 0 Å². The number of hydrogen-bond acceptors (Lipinski definition) is 3. The molecular weight excluding hydrogens is 1100 g/mol. The fourth-order valence-corrected chi connectivity index (χ4v) is 4.38. The van der Waals surface area contributed by atoms with E-state index in [9.17, 15) is 4.79 Å². The van der Waals surface area contributed by atoms with Gasteiger partial charge in [0.2, 0.25) is 0 Å². The Morgan fingerprint density at radius 1 is 0.879 bits per heavy atom. The SMILES string of the molecule is C.C.C.C=CCC(O)CC=C.I.II.I[I-]I.O=C1C[C@H]2CC[C@H]2C1.OC1C[C@H]2CC[C@H]2C1. The van der Waals surface area contributed by atoms with E-state index in [1.807, 2.05) is 0 Å². The Bertz CT molecular complexity index is 431. The average Bonchev–Trinajstić information content (AvgIpc) is 3.08. The second-order valence-corrected chi connectivity index (χ2v) is 24.3. The fourth-order valence-electron chi connectivity index (χ4n) is 4.38. The van der Waals surface area contributed by atoms with Gasteiger partial charge in [-0.2, -0.15) is 0 Å². The normalized spacial score (nSPS) is 26.5. The molecule has 5 atom stereocenters. The van der Waals surface area contributed by atoms with Gasteiger partial charge in [-0.15, -0.1) is 37.1 Å². The van der Waals surface area contributed by atoms with Gasteiger partial charge in [0.25, 0.3) is 0 Å². The first-order chi connectivity index (χ1) is 13.9. The van der Waals surface area contributed by atoms with Crippen molar-refractivity contribution < 1.29 is 28.3 Å². The first-order valence-electron chi connectivity index (χ1n) is 10.1. The molecule has 1 unspecified atom stereocenters. The number of fused-ring (bicyclic) bond motifs is 2. The van der Waals surface area contributed by atoms with E-state index >= 15 is 0 Å². The van der Waals surface area contributed by atoms with E-state index in [-0.39, 0.29) is 58.5 Å². The van der Waals surface area contributed by atoms with Gasteiger partial charge >= 0.3 is 50.5 Å². The Hall–Kier alpha value is 3.45. The average molecular weight is 1150 g/mol. The molecule has 4 fully saturated rings. The second-order valence-electron chi connectivity index (χ2n) is 8.02. The van der Waals surface area contributed by atoms with Crippen LogP contribution in [0.1, 0.15) is 86.5 Å². The van der Waals surface area contributed by atoms with Gasteiger partial charge in [-0.1, -0.05) is 34.4 Å². The molecule has 4 saturated carbocycles. The van der Waals surface area contributed by atoms with Crippen molar-refractivity contribution in [2.24, 2.45) is 23.7 Å². The molecule has 3 nitrogen and oxygen atoms in total. The summed E-state index contributed by atoms with van der Waals surface area (Å²) in [7, 11) is 0. The first-order valence-corrected chi connectivity index (χ1v) is 28.9. The molecule has 204 valence electrons. The molecule has 0 aromatic carbocycles. The van der Waals surface area contributed by atoms with E-state index in [2.05, 4.69) is 87.6 Å². The largest absolute Gasteiger partial charge is 0.393 e. The summed E-state index contributed by atoms with van der Waals surface area (Å²) in [6.07, 6.45) is 14.0.